The van der Waals surface area contributed by atoms with Crippen molar-refractivity contribution in [3.8, 4) is 0 Å². The summed E-state index contributed by atoms with van der Waals surface area (Å²) in [6, 6.07) is 0.861. The van der Waals surface area contributed by atoms with E-state index < -0.39 is 0 Å². The summed E-state index contributed by atoms with van der Waals surface area (Å²) in [5.41, 5.74) is 0.531. The lowest BCUT2D eigenvalue weighted by atomic mass is 9.73. The Balaban J connectivity index is 1.69. The minimum atomic E-state index is 0.531. The van der Waals surface area contributed by atoms with Gasteiger partial charge in [-0.25, -0.2) is 0 Å². The molecule has 0 bridgehead atoms. The van der Waals surface area contributed by atoms with E-state index in [1.807, 2.05) is 0 Å². The van der Waals surface area contributed by atoms with Crippen LogP contribution in [-0.2, 0) is 0 Å². The Morgan fingerprint density at radius 1 is 1.33 bits per heavy atom. The van der Waals surface area contributed by atoms with Gasteiger partial charge in [-0.15, -0.1) is 0 Å². The van der Waals surface area contributed by atoms with Crippen LogP contribution in [0, 0.1) is 5.92 Å². The van der Waals surface area contributed by atoms with Crippen molar-refractivity contribution in [2.45, 2.75) is 64.0 Å². The van der Waals surface area contributed by atoms with Crippen molar-refractivity contribution in [3.63, 3.8) is 0 Å². The van der Waals surface area contributed by atoms with Crippen LogP contribution >= 0.6 is 0 Å². The summed E-state index contributed by atoms with van der Waals surface area (Å²) >= 11 is 0. The molecule has 1 heteroatoms. The Hall–Kier alpha value is -0.0400. The van der Waals surface area contributed by atoms with Crippen LogP contribution in [0.4, 0.5) is 0 Å². The average molecular weight is 167 g/mol. The highest BCUT2D eigenvalue weighted by atomic mass is 15.0. The minimum absolute atomic E-state index is 0.531. The molecule has 70 valence electrons. The molecule has 0 aromatic rings. The third-order valence-corrected chi connectivity index (χ3v) is 3.82. The van der Waals surface area contributed by atoms with Crippen molar-refractivity contribution in [1.82, 2.24) is 5.32 Å². The largest absolute Gasteiger partial charge is 0.309 e. The highest BCUT2D eigenvalue weighted by molar-refractivity contribution is 4.97. The van der Waals surface area contributed by atoms with Crippen molar-refractivity contribution < 1.29 is 0 Å². The lowest BCUT2D eigenvalue weighted by molar-refractivity contribution is 0.118. The fourth-order valence-corrected chi connectivity index (χ4v) is 2.53. The van der Waals surface area contributed by atoms with Crippen molar-refractivity contribution in [3.05, 3.63) is 0 Å². The number of hydrogen-bond donors (Lipinski definition) is 1. The van der Waals surface area contributed by atoms with E-state index in [4.69, 9.17) is 0 Å². The average Bonchev–Trinajstić information content (AvgIpc) is 1.92. The van der Waals surface area contributed by atoms with Gasteiger partial charge >= 0.3 is 0 Å². The molecule has 0 radical (unpaired) electrons. The van der Waals surface area contributed by atoms with E-state index in [1.165, 1.54) is 38.5 Å². The van der Waals surface area contributed by atoms with Gasteiger partial charge in [0.1, 0.15) is 0 Å². The molecule has 0 spiro atoms. The quantitative estimate of drug-likeness (QED) is 0.681. The predicted octanol–water partition coefficient (Wildman–Crippen LogP) is 2.71. The summed E-state index contributed by atoms with van der Waals surface area (Å²) in [6.07, 6.45) is 8.50. The van der Waals surface area contributed by atoms with E-state index in [-0.39, 0.29) is 0 Å². The van der Waals surface area contributed by atoms with Crippen LogP contribution in [0.15, 0.2) is 0 Å². The van der Waals surface area contributed by atoms with Gasteiger partial charge in [0.15, 0.2) is 0 Å². The van der Waals surface area contributed by atoms with Crippen LogP contribution in [0.2, 0.25) is 0 Å². The molecule has 0 aliphatic heterocycles. The van der Waals surface area contributed by atoms with Crippen molar-refractivity contribution in [1.29, 1.82) is 0 Å². The van der Waals surface area contributed by atoms with Gasteiger partial charge in [0, 0.05) is 11.6 Å². The first-order valence-corrected chi connectivity index (χ1v) is 5.49. The van der Waals surface area contributed by atoms with Gasteiger partial charge in [-0.2, -0.15) is 0 Å². The molecule has 1 N–H and O–H groups in total. The number of hydrogen-bond acceptors (Lipinski definition) is 1. The first-order valence-electron chi connectivity index (χ1n) is 5.49. The predicted molar refractivity (Wildman–Crippen MR) is 52.2 cm³/mol. The van der Waals surface area contributed by atoms with Crippen LogP contribution in [0.5, 0.6) is 0 Å². The first kappa shape index (κ1) is 8.55. The summed E-state index contributed by atoms with van der Waals surface area (Å²) in [5, 5.41) is 3.79. The van der Waals surface area contributed by atoms with Crippen molar-refractivity contribution >= 4 is 0 Å². The Bertz CT molecular complexity index is 154. The zero-order valence-corrected chi connectivity index (χ0v) is 8.40. The van der Waals surface area contributed by atoms with Crippen LogP contribution < -0.4 is 5.32 Å². The Morgan fingerprint density at radius 2 is 2.00 bits per heavy atom. The van der Waals surface area contributed by atoms with Gasteiger partial charge in [-0.05, 0) is 44.9 Å². The highest BCUT2D eigenvalue weighted by Gasteiger charge is 2.37. The van der Waals surface area contributed by atoms with Crippen molar-refractivity contribution in [2.75, 3.05) is 0 Å². The Morgan fingerprint density at radius 3 is 2.42 bits per heavy atom. The molecular weight excluding hydrogens is 146 g/mol. The Kier molecular flexibility index (Phi) is 2.16. The zero-order valence-electron chi connectivity index (χ0n) is 8.40. The van der Waals surface area contributed by atoms with Crippen molar-refractivity contribution in [2.24, 2.45) is 5.92 Å². The van der Waals surface area contributed by atoms with Crippen LogP contribution in [0.25, 0.3) is 0 Å². The third kappa shape index (κ3) is 1.52. The monoisotopic (exact) mass is 167 g/mol. The van der Waals surface area contributed by atoms with Gasteiger partial charge in [-0.3, -0.25) is 0 Å². The lowest BCUT2D eigenvalue weighted by Gasteiger charge is -2.47. The molecule has 0 aromatic heterocycles. The maximum atomic E-state index is 3.79. The number of rotatable bonds is 3. The SMILES string of the molecule is CCC1CC(NC2(C)CCC2)C1. The molecule has 1 nitrogen and oxygen atoms in total. The molecule has 2 aliphatic rings. The topological polar surface area (TPSA) is 12.0 Å². The molecule has 0 heterocycles. The zero-order chi connectivity index (χ0) is 8.60. The highest BCUT2D eigenvalue weighted by Crippen LogP contribution is 2.37. The van der Waals surface area contributed by atoms with E-state index in [2.05, 4.69) is 19.2 Å². The summed E-state index contributed by atoms with van der Waals surface area (Å²) in [4.78, 5) is 0. The van der Waals surface area contributed by atoms with E-state index in [9.17, 15) is 0 Å². The molecule has 2 saturated carbocycles. The van der Waals surface area contributed by atoms with Crippen LogP contribution in [-0.4, -0.2) is 11.6 Å². The van der Waals surface area contributed by atoms with E-state index in [0.717, 1.165) is 12.0 Å². The second kappa shape index (κ2) is 3.02. The van der Waals surface area contributed by atoms with Gasteiger partial charge in [0.05, 0.1) is 0 Å². The molecule has 12 heavy (non-hydrogen) atoms. The minimum Gasteiger partial charge on any atom is -0.309 e. The summed E-state index contributed by atoms with van der Waals surface area (Å²) in [6.45, 7) is 4.70. The lowest BCUT2D eigenvalue weighted by Crippen LogP contribution is -2.56. The Labute approximate surface area is 75.9 Å². The molecule has 0 saturated heterocycles. The maximum absolute atomic E-state index is 3.79. The molecule has 0 aromatic carbocycles. The first-order chi connectivity index (χ1) is 5.72. The smallest absolute Gasteiger partial charge is 0.0156 e. The normalized spacial score (nSPS) is 38.5. The van der Waals surface area contributed by atoms with E-state index >= 15 is 0 Å². The summed E-state index contributed by atoms with van der Waals surface area (Å²) in [7, 11) is 0. The summed E-state index contributed by atoms with van der Waals surface area (Å²) in [5.74, 6) is 1.03. The van der Waals surface area contributed by atoms with Gasteiger partial charge in [-0.1, -0.05) is 13.3 Å². The fraction of sp³-hybridized carbons (Fsp3) is 1.00. The maximum Gasteiger partial charge on any atom is 0.0156 e. The molecule has 2 aliphatic carbocycles. The molecule has 2 fully saturated rings. The second-order valence-electron chi connectivity index (χ2n) is 5.00. The second-order valence-corrected chi connectivity index (χ2v) is 5.00. The molecule has 0 unspecified atom stereocenters. The van der Waals surface area contributed by atoms with Gasteiger partial charge < -0.3 is 5.32 Å². The summed E-state index contributed by atoms with van der Waals surface area (Å²) < 4.78 is 0. The van der Waals surface area contributed by atoms with Gasteiger partial charge in [0.2, 0.25) is 0 Å². The number of nitrogens with one attached hydrogen (secondary N) is 1. The van der Waals surface area contributed by atoms with Crippen LogP contribution in [0.3, 0.4) is 0 Å². The standard InChI is InChI=1S/C11H21N/c1-3-9-7-10(8-9)12-11(2)5-4-6-11/h9-10,12H,3-8H2,1-2H3. The molecular formula is C11H21N. The third-order valence-electron chi connectivity index (χ3n) is 3.82. The van der Waals surface area contributed by atoms with E-state index in [1.54, 1.807) is 0 Å². The van der Waals surface area contributed by atoms with Gasteiger partial charge in [0.25, 0.3) is 0 Å². The molecule has 0 amide bonds. The molecule has 0 atom stereocenters. The molecule has 2 rings (SSSR count). The fourth-order valence-electron chi connectivity index (χ4n) is 2.53. The van der Waals surface area contributed by atoms with E-state index in [0.29, 0.717) is 5.54 Å². The van der Waals surface area contributed by atoms with Crippen LogP contribution in [0.1, 0.15) is 52.4 Å².